The van der Waals surface area contributed by atoms with E-state index in [2.05, 4.69) is 70.4 Å². The van der Waals surface area contributed by atoms with Gasteiger partial charge in [-0.25, -0.2) is 9.78 Å². The molecule has 1 aromatic rings. The monoisotopic (exact) mass is 1100 g/mol. The van der Waals surface area contributed by atoms with Gasteiger partial charge in [0.05, 0.1) is 19.0 Å². The number of carboxylic acids is 3. The summed E-state index contributed by atoms with van der Waals surface area (Å²) >= 11 is 4.18. The van der Waals surface area contributed by atoms with Gasteiger partial charge < -0.3 is 79.0 Å². The van der Waals surface area contributed by atoms with Gasteiger partial charge in [-0.3, -0.25) is 52.7 Å². The normalized spacial score (nSPS) is 15.3. The zero-order valence-electron chi connectivity index (χ0n) is 44.3. The van der Waals surface area contributed by atoms with E-state index in [0.29, 0.717) is 12.1 Å². The zero-order chi connectivity index (χ0) is 58.1. The van der Waals surface area contributed by atoms with Crippen LogP contribution in [0.25, 0.3) is 0 Å². The van der Waals surface area contributed by atoms with E-state index < -0.39 is 176 Å². The fourth-order valence-corrected chi connectivity index (χ4v) is 7.45. The van der Waals surface area contributed by atoms with Crippen molar-refractivity contribution in [3.63, 3.8) is 0 Å². The number of carbonyl (C=O) groups is 12. The number of nitrogens with zero attached hydrogens (tertiary/aromatic N) is 1. The molecule has 0 saturated carbocycles. The van der Waals surface area contributed by atoms with Crippen molar-refractivity contribution in [1.29, 1.82) is 0 Å². The quantitative estimate of drug-likeness (QED) is 0.0298. The van der Waals surface area contributed by atoms with Crippen molar-refractivity contribution in [2.75, 3.05) is 12.4 Å². The van der Waals surface area contributed by atoms with Crippen molar-refractivity contribution in [3.05, 3.63) is 18.2 Å². The first-order valence-corrected chi connectivity index (χ1v) is 25.4. The molecular formula is C47H78N12O16S. The number of aliphatic hydroxyl groups excluding tert-OH is 1. The highest BCUT2D eigenvalue weighted by Crippen LogP contribution is 2.11. The second kappa shape index (κ2) is 33.2. The molecule has 0 bridgehead atoms. The molecule has 9 amide bonds. The zero-order valence-corrected chi connectivity index (χ0v) is 45.2. The first-order chi connectivity index (χ1) is 35.4. The molecule has 1 heterocycles. The van der Waals surface area contributed by atoms with Gasteiger partial charge in [-0.1, -0.05) is 55.4 Å². The van der Waals surface area contributed by atoms with Crippen LogP contribution >= 0.6 is 12.6 Å². The molecule has 0 radical (unpaired) electrons. The Balaban J connectivity index is 3.34. The Hall–Kier alpha value is -6.88. The molecule has 0 fully saturated rings. The van der Waals surface area contributed by atoms with Gasteiger partial charge in [0, 0.05) is 36.9 Å². The van der Waals surface area contributed by atoms with Crippen molar-refractivity contribution in [1.82, 2.24) is 57.8 Å². The number of aliphatic carboxylic acids is 3. The largest absolute Gasteiger partial charge is 0.481 e. The van der Waals surface area contributed by atoms with Gasteiger partial charge in [0.2, 0.25) is 53.2 Å². The highest BCUT2D eigenvalue weighted by atomic mass is 32.1. The second-order valence-electron chi connectivity index (χ2n) is 19.8. The number of thiol groups is 1. The van der Waals surface area contributed by atoms with Crippen LogP contribution in [0.15, 0.2) is 12.5 Å². The third kappa shape index (κ3) is 24.2. The molecule has 1 aromatic heterocycles. The predicted molar refractivity (Wildman–Crippen MR) is 274 cm³/mol. The van der Waals surface area contributed by atoms with Gasteiger partial charge in [0.1, 0.15) is 54.4 Å². The number of H-pyrrole nitrogens is 1. The summed E-state index contributed by atoms with van der Waals surface area (Å²) in [4.78, 5) is 163. The number of aromatic nitrogens is 2. The number of nitrogens with one attached hydrogen (secondary N) is 10. The van der Waals surface area contributed by atoms with Crippen molar-refractivity contribution in [2.24, 2.45) is 29.4 Å². The molecule has 10 atom stereocenters. The minimum Gasteiger partial charge on any atom is -0.481 e. The lowest BCUT2D eigenvalue weighted by atomic mass is 10.0. The topological polar surface area (TPSA) is 449 Å². The Bertz CT molecular complexity index is 2160. The Morgan fingerprint density at radius 1 is 0.526 bits per heavy atom. The number of hydrogen-bond acceptors (Lipinski definition) is 16. The molecule has 0 aliphatic carbocycles. The standard InChI is InChI=1S/C47H78N12O16S/c1-21(2)14-27(48)39(66)57-33(19-76)44(71)54-30(16-26-17-49-20-50-26)42(69)51-25(9)38(65)58-36(23(5)6)45(72)53-28(10-12-34(61)62)40(67)52-29(11-13-35(63)64)41(68)59-37(24(7)8)46(73)56-32(18-60)43(70)55-31(47(74)75)15-22(3)4/h17,20-25,27-33,36-37,60,76H,10-16,18-19,48H2,1-9H3,(H,49,50)(H,51,69)(H,52,67)(H,53,72)(H,54,71)(H,55,70)(H,56,73)(H,57,66)(H,58,65)(H,59,68)(H,61,62)(H,63,64)(H,74,75)/t25-,27-,28-,29-,30-,31-,32-,33-,36-,37-/m0/s1. The molecule has 16 N–H and O–H groups in total. The van der Waals surface area contributed by atoms with Crippen LogP contribution in [0.2, 0.25) is 0 Å². The highest BCUT2D eigenvalue weighted by Gasteiger charge is 2.36. The van der Waals surface area contributed by atoms with Crippen LogP contribution in [0.4, 0.5) is 0 Å². The molecule has 0 aliphatic heterocycles. The van der Waals surface area contributed by atoms with E-state index in [0.717, 1.165) is 0 Å². The summed E-state index contributed by atoms with van der Waals surface area (Å²) in [6.07, 6.45) is 0.327. The highest BCUT2D eigenvalue weighted by molar-refractivity contribution is 7.80. The summed E-state index contributed by atoms with van der Waals surface area (Å²) in [7, 11) is 0. The van der Waals surface area contributed by atoms with E-state index in [1.807, 2.05) is 13.8 Å². The van der Waals surface area contributed by atoms with Gasteiger partial charge in [-0.05, 0) is 56.3 Å². The maximum absolute atomic E-state index is 13.9. The molecule has 1 rings (SSSR count). The van der Waals surface area contributed by atoms with Crippen LogP contribution in [0.5, 0.6) is 0 Å². The number of amides is 9. The Kier molecular flexibility index (Phi) is 29.3. The van der Waals surface area contributed by atoms with Crippen LogP contribution in [-0.2, 0) is 64.0 Å². The first kappa shape index (κ1) is 67.1. The van der Waals surface area contributed by atoms with E-state index in [1.165, 1.54) is 47.1 Å². The molecule has 0 spiro atoms. The van der Waals surface area contributed by atoms with Crippen molar-refractivity contribution in [2.45, 2.75) is 168 Å². The summed E-state index contributed by atoms with van der Waals surface area (Å²) < 4.78 is 0. The van der Waals surface area contributed by atoms with Crippen molar-refractivity contribution >= 4 is 83.7 Å². The number of aromatic amines is 1. The van der Waals surface area contributed by atoms with Gasteiger partial charge >= 0.3 is 17.9 Å². The first-order valence-electron chi connectivity index (χ1n) is 24.8. The molecule has 0 aliphatic rings. The average molecular weight is 1100 g/mol. The molecule has 29 heteroatoms. The van der Waals surface area contributed by atoms with Crippen LogP contribution in [-0.4, -0.2) is 174 Å². The van der Waals surface area contributed by atoms with Gasteiger partial charge in [0.25, 0.3) is 0 Å². The van der Waals surface area contributed by atoms with E-state index in [9.17, 15) is 78.0 Å². The Labute approximate surface area is 445 Å². The van der Waals surface area contributed by atoms with E-state index in [1.54, 1.807) is 13.8 Å². The molecule has 428 valence electrons. The molecule has 0 unspecified atom stereocenters. The number of nitrogens with two attached hydrogens (primary N) is 1. The van der Waals surface area contributed by atoms with E-state index in [4.69, 9.17) is 5.73 Å². The number of aliphatic hydroxyl groups is 1. The summed E-state index contributed by atoms with van der Waals surface area (Å²) in [5, 5.41) is 60.1. The molecule has 0 saturated heterocycles. The van der Waals surface area contributed by atoms with Crippen LogP contribution in [0.1, 0.15) is 107 Å². The fourth-order valence-electron chi connectivity index (χ4n) is 7.20. The summed E-state index contributed by atoms with van der Waals surface area (Å²) in [5.74, 6) is -14.5. The maximum Gasteiger partial charge on any atom is 0.326 e. The third-order valence-electron chi connectivity index (χ3n) is 11.4. The number of hydrogen-bond donors (Lipinski definition) is 16. The van der Waals surface area contributed by atoms with E-state index in [-0.39, 0.29) is 30.4 Å². The number of rotatable bonds is 35. The maximum atomic E-state index is 13.9. The number of carbonyl (C=O) groups excluding carboxylic acids is 9. The van der Waals surface area contributed by atoms with Gasteiger partial charge in [0.15, 0.2) is 0 Å². The Morgan fingerprint density at radius 3 is 1.37 bits per heavy atom. The molecular weight excluding hydrogens is 1020 g/mol. The van der Waals surface area contributed by atoms with Crippen molar-refractivity contribution < 1.29 is 78.0 Å². The molecule has 0 aromatic carbocycles. The predicted octanol–water partition coefficient (Wildman–Crippen LogP) is -3.20. The van der Waals surface area contributed by atoms with E-state index >= 15 is 0 Å². The summed E-state index contributed by atoms with van der Waals surface area (Å²) in [6, 6.07) is -14.4. The average Bonchev–Trinajstić information content (AvgIpc) is 3.84. The van der Waals surface area contributed by atoms with Crippen molar-refractivity contribution in [3.8, 4) is 0 Å². The number of carboxylic acid groups (broad SMARTS) is 3. The van der Waals surface area contributed by atoms with Crippen LogP contribution in [0.3, 0.4) is 0 Å². The molecule has 76 heavy (non-hydrogen) atoms. The fraction of sp³-hybridized carbons (Fsp3) is 0.681. The number of imidazole rings is 1. The SMILES string of the molecule is CC(C)C[C@H](NC(=O)[C@H](CO)NC(=O)[C@@H](NC(=O)[C@H](CCC(=O)O)NC(=O)[C@H](CCC(=O)O)NC(=O)[C@@H](NC(=O)[C@H](C)NC(=O)[C@H](Cc1cnc[nH]1)NC(=O)[C@H](CS)NC(=O)[C@@H](N)CC(C)C)C(C)C)C(C)C)C(=O)O. The lowest BCUT2D eigenvalue weighted by molar-refractivity contribution is -0.143. The van der Waals surface area contributed by atoms with Crippen LogP contribution < -0.4 is 53.6 Å². The smallest absolute Gasteiger partial charge is 0.326 e. The van der Waals surface area contributed by atoms with Gasteiger partial charge in [-0.15, -0.1) is 0 Å². The summed E-state index contributed by atoms with van der Waals surface area (Å²) in [5.41, 5.74) is 6.39. The molecule has 28 nitrogen and oxygen atoms in total. The van der Waals surface area contributed by atoms with Crippen LogP contribution in [0, 0.1) is 23.7 Å². The minimum atomic E-state index is -1.74. The lowest BCUT2D eigenvalue weighted by Crippen LogP contribution is -2.61. The lowest BCUT2D eigenvalue weighted by Gasteiger charge is -2.29. The third-order valence-corrected chi connectivity index (χ3v) is 11.8. The minimum absolute atomic E-state index is 0.0242. The Morgan fingerprint density at radius 2 is 0.934 bits per heavy atom. The second-order valence-corrected chi connectivity index (χ2v) is 20.1. The summed E-state index contributed by atoms with van der Waals surface area (Å²) in [6.45, 7) is 13.5. The van der Waals surface area contributed by atoms with Gasteiger partial charge in [-0.2, -0.15) is 12.6 Å².